The van der Waals surface area contributed by atoms with Gasteiger partial charge in [-0.05, 0) is 25.7 Å². The van der Waals surface area contributed by atoms with E-state index in [9.17, 15) is 0 Å². The summed E-state index contributed by atoms with van der Waals surface area (Å²) in [5, 5.41) is 7.59. The first-order valence-corrected chi connectivity index (χ1v) is 6.16. The van der Waals surface area contributed by atoms with Crippen molar-refractivity contribution in [3.8, 4) is 0 Å². The van der Waals surface area contributed by atoms with E-state index in [1.807, 2.05) is 0 Å². The molecule has 0 unspecified atom stereocenters. The van der Waals surface area contributed by atoms with Gasteiger partial charge in [0.1, 0.15) is 0 Å². The molecule has 1 nitrogen and oxygen atoms in total. The monoisotopic (exact) mass is 196 g/mol. The van der Waals surface area contributed by atoms with Gasteiger partial charge >= 0.3 is 0 Å². The van der Waals surface area contributed by atoms with Crippen molar-refractivity contribution >= 4 is 5.71 Å². The van der Waals surface area contributed by atoms with Gasteiger partial charge in [0, 0.05) is 5.71 Å². The Hall–Kier alpha value is -0.330. The molecule has 0 aliphatic rings. The summed E-state index contributed by atoms with van der Waals surface area (Å²) in [6.07, 6.45) is 12.2. The van der Waals surface area contributed by atoms with Crippen LogP contribution in [0.1, 0.15) is 71.1 Å². The summed E-state index contributed by atoms with van der Waals surface area (Å²) in [4.78, 5) is 0. The van der Waals surface area contributed by atoms with Gasteiger partial charge in [-0.3, -0.25) is 0 Å². The molecule has 0 aromatic rings. The maximum Gasteiger partial charge on any atom is 0.00891 e. The van der Waals surface area contributed by atoms with Gasteiger partial charge in [0.2, 0.25) is 0 Å². The minimum Gasteiger partial charge on any atom is -0.310 e. The van der Waals surface area contributed by atoms with E-state index in [1.165, 1.54) is 44.9 Å². The Morgan fingerprint density at radius 3 is 2.07 bits per heavy atom. The van der Waals surface area contributed by atoms with Crippen molar-refractivity contribution in [2.75, 3.05) is 0 Å². The Morgan fingerprint density at radius 1 is 0.929 bits per heavy atom. The molecule has 0 aromatic carbocycles. The van der Waals surface area contributed by atoms with Crippen LogP contribution in [0.5, 0.6) is 0 Å². The van der Waals surface area contributed by atoms with E-state index in [1.54, 1.807) is 0 Å². The second-order valence-electron chi connectivity index (χ2n) is 4.08. The number of unbranched alkanes of at least 4 members (excludes halogenated alkanes) is 6. The third kappa shape index (κ3) is 9.76. The van der Waals surface area contributed by atoms with Gasteiger partial charge in [0.05, 0.1) is 0 Å². The zero-order valence-corrected chi connectivity index (χ0v) is 9.78. The first kappa shape index (κ1) is 13.7. The van der Waals surface area contributed by atoms with Crippen molar-refractivity contribution in [1.29, 1.82) is 5.41 Å². The second-order valence-corrected chi connectivity index (χ2v) is 4.08. The molecule has 1 radical (unpaired) electrons. The largest absolute Gasteiger partial charge is 0.310 e. The summed E-state index contributed by atoms with van der Waals surface area (Å²) in [5.41, 5.74) is 0.897. The van der Waals surface area contributed by atoms with E-state index >= 15 is 0 Å². The Labute approximate surface area is 89.8 Å². The summed E-state index contributed by atoms with van der Waals surface area (Å²) in [6, 6.07) is 0. The molecule has 1 N–H and O–H groups in total. The molecule has 0 fully saturated rings. The van der Waals surface area contributed by atoms with Crippen molar-refractivity contribution < 1.29 is 0 Å². The number of nitrogens with one attached hydrogen (secondary N) is 1. The Kier molecular flexibility index (Phi) is 10.5. The van der Waals surface area contributed by atoms with Gasteiger partial charge in [-0.25, -0.2) is 0 Å². The van der Waals surface area contributed by atoms with E-state index in [0.29, 0.717) is 0 Å². The van der Waals surface area contributed by atoms with E-state index in [4.69, 9.17) is 5.41 Å². The molecule has 14 heavy (non-hydrogen) atoms. The molecule has 0 heterocycles. The van der Waals surface area contributed by atoms with Crippen molar-refractivity contribution in [3.05, 3.63) is 6.92 Å². The smallest absolute Gasteiger partial charge is 0.00891 e. The van der Waals surface area contributed by atoms with Crippen molar-refractivity contribution in [3.63, 3.8) is 0 Å². The molecule has 1 heteroatoms. The molecule has 0 rings (SSSR count). The first-order valence-electron chi connectivity index (χ1n) is 6.16. The molecule has 83 valence electrons. The maximum absolute atomic E-state index is 7.59. The molecule has 0 atom stereocenters. The predicted octanol–water partition coefficient (Wildman–Crippen LogP) is 4.76. The minimum absolute atomic E-state index is 0.884. The van der Waals surface area contributed by atoms with Crippen LogP contribution in [0.25, 0.3) is 0 Å². The third-order valence-corrected chi connectivity index (χ3v) is 2.56. The van der Waals surface area contributed by atoms with Gasteiger partial charge in [0.15, 0.2) is 0 Å². The number of rotatable bonds is 10. The van der Waals surface area contributed by atoms with Gasteiger partial charge in [-0.2, -0.15) is 0 Å². The summed E-state index contributed by atoms with van der Waals surface area (Å²) >= 11 is 0. The lowest BCUT2D eigenvalue weighted by molar-refractivity contribution is 0.594. The molecule has 0 aliphatic heterocycles. The van der Waals surface area contributed by atoms with E-state index < -0.39 is 0 Å². The molecule has 0 aromatic heterocycles. The van der Waals surface area contributed by atoms with Gasteiger partial charge in [0.25, 0.3) is 0 Å². The standard InChI is InChI=1S/C13H26N/c1-3-5-6-7-8-9-10-12-13(14)11-4-2/h14H,2-12H2,1H3. The molecular formula is C13H26N. The fraction of sp³-hybridized carbons (Fsp3) is 0.846. The van der Waals surface area contributed by atoms with Crippen LogP contribution >= 0.6 is 0 Å². The minimum atomic E-state index is 0.884. The lowest BCUT2D eigenvalue weighted by atomic mass is 10.0. The highest BCUT2D eigenvalue weighted by Gasteiger charge is 1.95. The van der Waals surface area contributed by atoms with Crippen molar-refractivity contribution in [1.82, 2.24) is 0 Å². The van der Waals surface area contributed by atoms with E-state index in [0.717, 1.165) is 25.0 Å². The molecule has 0 saturated carbocycles. The van der Waals surface area contributed by atoms with Crippen molar-refractivity contribution in [2.45, 2.75) is 71.1 Å². The van der Waals surface area contributed by atoms with E-state index in [2.05, 4.69) is 13.8 Å². The highest BCUT2D eigenvalue weighted by atomic mass is 14.4. The first-order chi connectivity index (χ1) is 6.81. The molecule has 0 amide bonds. The molecule has 0 spiro atoms. The highest BCUT2D eigenvalue weighted by molar-refractivity contribution is 5.81. The maximum atomic E-state index is 7.59. The van der Waals surface area contributed by atoms with Gasteiger partial charge < -0.3 is 5.41 Å². The molecular weight excluding hydrogens is 170 g/mol. The second kappa shape index (κ2) is 10.7. The fourth-order valence-corrected chi connectivity index (χ4v) is 1.63. The molecule has 0 saturated heterocycles. The van der Waals surface area contributed by atoms with Crippen molar-refractivity contribution in [2.24, 2.45) is 0 Å². The molecule has 0 aliphatic carbocycles. The van der Waals surface area contributed by atoms with Crippen LogP contribution in [0.4, 0.5) is 0 Å². The third-order valence-electron chi connectivity index (χ3n) is 2.56. The summed E-state index contributed by atoms with van der Waals surface area (Å²) in [5.74, 6) is 0. The van der Waals surface area contributed by atoms with Crippen LogP contribution in [0.15, 0.2) is 0 Å². The quantitative estimate of drug-likeness (QED) is 0.385. The van der Waals surface area contributed by atoms with Crippen LogP contribution in [0, 0.1) is 12.3 Å². The molecule has 0 bridgehead atoms. The topological polar surface area (TPSA) is 23.9 Å². The predicted molar refractivity (Wildman–Crippen MR) is 64.9 cm³/mol. The number of hydrogen-bond donors (Lipinski definition) is 1. The van der Waals surface area contributed by atoms with Crippen LogP contribution < -0.4 is 0 Å². The van der Waals surface area contributed by atoms with Crippen LogP contribution in [0.2, 0.25) is 0 Å². The normalized spacial score (nSPS) is 10.4. The lowest BCUT2D eigenvalue weighted by Crippen LogP contribution is -1.95. The number of hydrogen-bond acceptors (Lipinski definition) is 1. The zero-order chi connectivity index (χ0) is 10.6. The average molecular weight is 196 g/mol. The SMILES string of the molecule is [CH2]CCC(=N)CCCCCCCCC. The van der Waals surface area contributed by atoms with E-state index in [-0.39, 0.29) is 0 Å². The van der Waals surface area contributed by atoms with Gasteiger partial charge in [-0.15, -0.1) is 0 Å². The Morgan fingerprint density at radius 2 is 1.50 bits per heavy atom. The van der Waals surface area contributed by atoms with Crippen LogP contribution in [-0.2, 0) is 0 Å². The van der Waals surface area contributed by atoms with Crippen LogP contribution in [-0.4, -0.2) is 5.71 Å². The summed E-state index contributed by atoms with van der Waals surface area (Å²) in [6.45, 7) is 6.01. The summed E-state index contributed by atoms with van der Waals surface area (Å²) < 4.78 is 0. The fourth-order valence-electron chi connectivity index (χ4n) is 1.63. The lowest BCUT2D eigenvalue weighted by Gasteiger charge is -2.02. The van der Waals surface area contributed by atoms with Gasteiger partial charge in [-0.1, -0.05) is 52.4 Å². The summed E-state index contributed by atoms with van der Waals surface area (Å²) in [7, 11) is 0. The highest BCUT2D eigenvalue weighted by Crippen LogP contribution is 2.09. The Balaban J connectivity index is 3.01. The Bertz CT molecular complexity index is 129. The zero-order valence-electron chi connectivity index (χ0n) is 9.78. The van der Waals surface area contributed by atoms with Crippen LogP contribution in [0.3, 0.4) is 0 Å². The average Bonchev–Trinajstić information content (AvgIpc) is 2.17.